The number of nitrogens with two attached hydrogens (primary N) is 1. The van der Waals surface area contributed by atoms with Crippen LogP contribution in [0.2, 0.25) is 0 Å². The van der Waals surface area contributed by atoms with Crippen LogP contribution in [0.3, 0.4) is 0 Å². The van der Waals surface area contributed by atoms with E-state index >= 15 is 0 Å². The maximum absolute atomic E-state index is 6.21. The molecule has 1 aromatic carbocycles. The number of rotatable bonds is 2. The van der Waals surface area contributed by atoms with Crippen molar-refractivity contribution >= 4 is 0 Å². The average Bonchev–Trinajstić information content (AvgIpc) is 2.77. The van der Waals surface area contributed by atoms with Gasteiger partial charge in [0.15, 0.2) is 0 Å². The molecule has 17 heavy (non-hydrogen) atoms. The third-order valence-electron chi connectivity index (χ3n) is 2.92. The smallest absolute Gasteiger partial charge is 0.0645 e. The van der Waals surface area contributed by atoms with E-state index in [1.807, 2.05) is 47.4 Å². The molecular weight excluding hydrogens is 210 g/mol. The van der Waals surface area contributed by atoms with Gasteiger partial charge in [-0.25, -0.2) is 4.68 Å². The summed E-state index contributed by atoms with van der Waals surface area (Å²) in [7, 11) is 0. The Morgan fingerprint density at radius 2 is 1.82 bits per heavy atom. The second kappa shape index (κ2) is 4.34. The second-order valence-electron chi connectivity index (χ2n) is 5.40. The van der Waals surface area contributed by atoms with Crippen molar-refractivity contribution in [2.75, 3.05) is 0 Å². The zero-order chi connectivity index (χ0) is 12.5. The van der Waals surface area contributed by atoms with Crippen LogP contribution in [-0.4, -0.2) is 9.78 Å². The SMILES string of the molecule is CC(C)(C)C(N)c1cnn(-c2ccccc2)c1. The van der Waals surface area contributed by atoms with Crippen molar-refractivity contribution in [3.63, 3.8) is 0 Å². The molecule has 0 aliphatic heterocycles. The third kappa shape index (κ3) is 2.56. The number of hydrogen-bond donors (Lipinski definition) is 1. The Kier molecular flexibility index (Phi) is 3.03. The van der Waals surface area contributed by atoms with Gasteiger partial charge in [0.25, 0.3) is 0 Å². The lowest BCUT2D eigenvalue weighted by Crippen LogP contribution is -2.25. The molecule has 90 valence electrons. The van der Waals surface area contributed by atoms with Crippen molar-refractivity contribution in [1.82, 2.24) is 9.78 Å². The van der Waals surface area contributed by atoms with E-state index in [4.69, 9.17) is 5.73 Å². The Labute approximate surface area is 102 Å². The first kappa shape index (κ1) is 11.9. The van der Waals surface area contributed by atoms with Crippen LogP contribution in [0.5, 0.6) is 0 Å². The van der Waals surface area contributed by atoms with Gasteiger partial charge in [-0.05, 0) is 17.5 Å². The highest BCUT2D eigenvalue weighted by atomic mass is 15.3. The van der Waals surface area contributed by atoms with Gasteiger partial charge in [0, 0.05) is 17.8 Å². The lowest BCUT2D eigenvalue weighted by molar-refractivity contribution is 0.327. The summed E-state index contributed by atoms with van der Waals surface area (Å²) in [5, 5.41) is 4.36. The van der Waals surface area contributed by atoms with Crippen LogP contribution in [-0.2, 0) is 0 Å². The second-order valence-corrected chi connectivity index (χ2v) is 5.40. The quantitative estimate of drug-likeness (QED) is 0.860. The number of aromatic nitrogens is 2. The molecule has 2 N–H and O–H groups in total. The Hall–Kier alpha value is -1.61. The lowest BCUT2D eigenvalue weighted by Gasteiger charge is -2.25. The van der Waals surface area contributed by atoms with Crippen molar-refractivity contribution in [3.8, 4) is 5.69 Å². The molecule has 1 aromatic heterocycles. The fourth-order valence-electron chi connectivity index (χ4n) is 1.72. The summed E-state index contributed by atoms with van der Waals surface area (Å²) >= 11 is 0. The standard InChI is InChI=1S/C14H19N3/c1-14(2,3)13(15)11-9-16-17(10-11)12-7-5-4-6-8-12/h4-10,13H,15H2,1-3H3. The van der Waals surface area contributed by atoms with Crippen molar-refractivity contribution < 1.29 is 0 Å². The molecule has 0 spiro atoms. The van der Waals surface area contributed by atoms with Crippen molar-refractivity contribution in [2.45, 2.75) is 26.8 Å². The molecule has 1 unspecified atom stereocenters. The highest BCUT2D eigenvalue weighted by Gasteiger charge is 2.23. The summed E-state index contributed by atoms with van der Waals surface area (Å²) in [6, 6.07) is 10.0. The summed E-state index contributed by atoms with van der Waals surface area (Å²) in [5.41, 5.74) is 8.38. The van der Waals surface area contributed by atoms with Gasteiger partial charge >= 0.3 is 0 Å². The minimum absolute atomic E-state index is 0.0000350. The first-order chi connectivity index (χ1) is 7.98. The van der Waals surface area contributed by atoms with Crippen LogP contribution in [0.25, 0.3) is 5.69 Å². The van der Waals surface area contributed by atoms with Gasteiger partial charge in [0.1, 0.15) is 0 Å². The van der Waals surface area contributed by atoms with E-state index in [1.54, 1.807) is 0 Å². The Morgan fingerprint density at radius 1 is 1.18 bits per heavy atom. The zero-order valence-electron chi connectivity index (χ0n) is 10.6. The average molecular weight is 229 g/mol. The molecule has 3 nitrogen and oxygen atoms in total. The number of benzene rings is 1. The molecule has 0 fully saturated rings. The molecule has 0 aliphatic rings. The molecule has 1 atom stereocenters. The van der Waals surface area contributed by atoms with Crippen molar-refractivity contribution in [3.05, 3.63) is 48.3 Å². The molecule has 0 aliphatic carbocycles. The molecule has 0 saturated heterocycles. The van der Waals surface area contributed by atoms with Gasteiger partial charge in [0.2, 0.25) is 0 Å². The fraction of sp³-hybridized carbons (Fsp3) is 0.357. The van der Waals surface area contributed by atoms with E-state index in [0.717, 1.165) is 11.3 Å². The summed E-state index contributed by atoms with van der Waals surface area (Å²) in [4.78, 5) is 0. The topological polar surface area (TPSA) is 43.8 Å². The molecule has 0 saturated carbocycles. The molecule has 0 radical (unpaired) electrons. The number of nitrogens with zero attached hydrogens (tertiary/aromatic N) is 2. The van der Waals surface area contributed by atoms with Gasteiger partial charge < -0.3 is 5.73 Å². The largest absolute Gasteiger partial charge is 0.323 e. The molecule has 2 rings (SSSR count). The maximum Gasteiger partial charge on any atom is 0.0645 e. The van der Waals surface area contributed by atoms with Crippen molar-refractivity contribution in [2.24, 2.45) is 11.1 Å². The van der Waals surface area contributed by atoms with E-state index in [1.165, 1.54) is 0 Å². The molecule has 0 bridgehead atoms. The molecular formula is C14H19N3. The molecule has 3 heteroatoms. The van der Waals surface area contributed by atoms with Crippen LogP contribution < -0.4 is 5.73 Å². The highest BCUT2D eigenvalue weighted by Crippen LogP contribution is 2.30. The predicted octanol–water partition coefficient (Wildman–Crippen LogP) is 2.92. The third-order valence-corrected chi connectivity index (χ3v) is 2.92. The van der Waals surface area contributed by atoms with Crippen LogP contribution in [0.15, 0.2) is 42.7 Å². The summed E-state index contributed by atoms with van der Waals surface area (Å²) in [5.74, 6) is 0. The van der Waals surface area contributed by atoms with Gasteiger partial charge in [-0.2, -0.15) is 5.10 Å². The first-order valence-corrected chi connectivity index (χ1v) is 5.84. The summed E-state index contributed by atoms with van der Waals surface area (Å²) in [6.45, 7) is 6.41. The maximum atomic E-state index is 6.21. The van der Waals surface area contributed by atoms with Crippen LogP contribution in [0.1, 0.15) is 32.4 Å². The fourth-order valence-corrected chi connectivity index (χ4v) is 1.72. The summed E-state index contributed by atoms with van der Waals surface area (Å²) in [6.07, 6.45) is 3.86. The van der Waals surface area contributed by atoms with Crippen LogP contribution in [0.4, 0.5) is 0 Å². The minimum atomic E-state index is -0.0000350. The van der Waals surface area contributed by atoms with Crippen LogP contribution >= 0.6 is 0 Å². The van der Waals surface area contributed by atoms with Gasteiger partial charge in [-0.3, -0.25) is 0 Å². The van der Waals surface area contributed by atoms with Gasteiger partial charge in [-0.1, -0.05) is 39.0 Å². The molecule has 2 aromatic rings. The minimum Gasteiger partial charge on any atom is -0.323 e. The molecule has 0 amide bonds. The Morgan fingerprint density at radius 3 is 2.41 bits per heavy atom. The van der Waals surface area contributed by atoms with Crippen LogP contribution in [0, 0.1) is 5.41 Å². The summed E-state index contributed by atoms with van der Waals surface area (Å²) < 4.78 is 1.86. The van der Waals surface area contributed by atoms with E-state index < -0.39 is 0 Å². The lowest BCUT2D eigenvalue weighted by atomic mass is 9.84. The van der Waals surface area contributed by atoms with Gasteiger partial charge in [0.05, 0.1) is 11.9 Å². The van der Waals surface area contributed by atoms with Gasteiger partial charge in [-0.15, -0.1) is 0 Å². The molecule has 1 heterocycles. The Bertz CT molecular complexity index is 480. The van der Waals surface area contributed by atoms with E-state index in [2.05, 4.69) is 25.9 Å². The monoisotopic (exact) mass is 229 g/mol. The van der Waals surface area contributed by atoms with E-state index in [9.17, 15) is 0 Å². The normalized spacial score (nSPS) is 13.6. The number of hydrogen-bond acceptors (Lipinski definition) is 2. The van der Waals surface area contributed by atoms with Crippen molar-refractivity contribution in [1.29, 1.82) is 0 Å². The predicted molar refractivity (Wildman–Crippen MR) is 69.9 cm³/mol. The Balaban J connectivity index is 2.28. The van der Waals surface area contributed by atoms with E-state index in [0.29, 0.717) is 0 Å². The zero-order valence-corrected chi connectivity index (χ0v) is 10.6. The first-order valence-electron chi connectivity index (χ1n) is 5.84. The number of para-hydroxylation sites is 1. The highest BCUT2D eigenvalue weighted by molar-refractivity contribution is 5.31. The van der Waals surface area contributed by atoms with E-state index in [-0.39, 0.29) is 11.5 Å².